The van der Waals surface area contributed by atoms with Gasteiger partial charge in [-0.1, -0.05) is 23.9 Å². The molecule has 0 saturated heterocycles. The number of halogens is 3. The molecule has 7 heteroatoms. The fourth-order valence-corrected chi connectivity index (χ4v) is 2.62. The number of nitrogens with zero attached hydrogens (tertiary/aromatic N) is 2. The van der Waals surface area contributed by atoms with Crippen LogP contribution in [0.25, 0.3) is 0 Å². The van der Waals surface area contributed by atoms with Gasteiger partial charge in [0.15, 0.2) is 0 Å². The van der Waals surface area contributed by atoms with Gasteiger partial charge in [-0.2, -0.15) is 5.26 Å². The van der Waals surface area contributed by atoms with E-state index in [9.17, 15) is 13.2 Å². The molecule has 0 aliphatic rings. The lowest BCUT2D eigenvalue weighted by atomic mass is 10.2. The number of pyridine rings is 1. The van der Waals surface area contributed by atoms with Crippen LogP contribution in [0.5, 0.6) is 5.75 Å². The minimum absolute atomic E-state index is 0.000345. The lowest BCUT2D eigenvalue weighted by molar-refractivity contribution is -0.274. The molecule has 1 atom stereocenters. The average Bonchev–Trinajstić information content (AvgIpc) is 2.47. The number of benzene rings is 1. The van der Waals surface area contributed by atoms with Crippen molar-refractivity contribution in [1.29, 1.82) is 5.26 Å². The third-order valence-electron chi connectivity index (χ3n) is 2.75. The molecule has 0 aliphatic heterocycles. The lowest BCUT2D eigenvalue weighted by Crippen LogP contribution is -2.17. The number of hydrogen-bond acceptors (Lipinski definition) is 4. The van der Waals surface area contributed by atoms with E-state index in [1.54, 1.807) is 24.3 Å². The fraction of sp³-hybridized carbons (Fsp3) is 0.200. The fourth-order valence-electron chi connectivity index (χ4n) is 1.71. The van der Waals surface area contributed by atoms with Crippen LogP contribution in [0.4, 0.5) is 13.2 Å². The Hall–Kier alpha value is -2.20. The first kappa shape index (κ1) is 16.2. The summed E-state index contributed by atoms with van der Waals surface area (Å²) >= 11 is 1.45. The van der Waals surface area contributed by atoms with E-state index in [1.807, 2.05) is 13.0 Å². The second-order valence-electron chi connectivity index (χ2n) is 4.37. The Bertz CT molecular complexity index is 663. The van der Waals surface area contributed by atoms with Crippen LogP contribution in [0.2, 0.25) is 0 Å². The monoisotopic (exact) mass is 324 g/mol. The highest BCUT2D eigenvalue weighted by Crippen LogP contribution is 2.34. The smallest absolute Gasteiger partial charge is 0.406 e. The van der Waals surface area contributed by atoms with Crippen molar-refractivity contribution in [2.24, 2.45) is 0 Å². The van der Waals surface area contributed by atoms with Crippen LogP contribution in [0.3, 0.4) is 0 Å². The van der Waals surface area contributed by atoms with Gasteiger partial charge in [-0.25, -0.2) is 4.98 Å². The highest BCUT2D eigenvalue weighted by Gasteiger charge is 2.31. The van der Waals surface area contributed by atoms with E-state index < -0.39 is 6.36 Å². The van der Waals surface area contributed by atoms with Gasteiger partial charge >= 0.3 is 6.36 Å². The van der Waals surface area contributed by atoms with Gasteiger partial charge in [0.2, 0.25) is 0 Å². The van der Waals surface area contributed by atoms with Gasteiger partial charge in [-0.3, -0.25) is 0 Å². The summed E-state index contributed by atoms with van der Waals surface area (Å²) in [6.45, 7) is 1.92. The molecule has 0 bridgehead atoms. The zero-order valence-electron chi connectivity index (χ0n) is 11.5. The van der Waals surface area contributed by atoms with E-state index in [0.717, 1.165) is 10.6 Å². The Morgan fingerprint density at radius 1 is 1.18 bits per heavy atom. The standard InChI is InChI=1S/C15H11F3N2OS/c1-10(22-14-7-2-11(8-19)9-20-14)12-3-5-13(6-4-12)21-15(16,17)18/h2-7,9-10H,1H3. The van der Waals surface area contributed by atoms with Gasteiger partial charge in [-0.05, 0) is 36.8 Å². The molecule has 0 spiro atoms. The highest BCUT2D eigenvalue weighted by molar-refractivity contribution is 7.99. The van der Waals surface area contributed by atoms with Crippen molar-refractivity contribution in [2.45, 2.75) is 23.6 Å². The van der Waals surface area contributed by atoms with Gasteiger partial charge in [0.25, 0.3) is 0 Å². The molecule has 1 unspecified atom stereocenters. The first-order valence-electron chi connectivity index (χ1n) is 6.26. The van der Waals surface area contributed by atoms with Crippen molar-refractivity contribution < 1.29 is 17.9 Å². The highest BCUT2D eigenvalue weighted by atomic mass is 32.2. The minimum atomic E-state index is -4.69. The Morgan fingerprint density at radius 3 is 2.36 bits per heavy atom. The molecule has 1 aromatic carbocycles. The summed E-state index contributed by atoms with van der Waals surface area (Å²) in [4.78, 5) is 4.15. The topological polar surface area (TPSA) is 45.9 Å². The Balaban J connectivity index is 2.03. The van der Waals surface area contributed by atoms with E-state index >= 15 is 0 Å². The largest absolute Gasteiger partial charge is 0.573 e. The molecule has 0 fully saturated rings. The zero-order valence-corrected chi connectivity index (χ0v) is 12.3. The zero-order chi connectivity index (χ0) is 16.2. The summed E-state index contributed by atoms with van der Waals surface area (Å²) < 4.78 is 40.1. The summed E-state index contributed by atoms with van der Waals surface area (Å²) in [6.07, 6.45) is -3.20. The summed E-state index contributed by atoms with van der Waals surface area (Å²) in [5.74, 6) is -0.245. The van der Waals surface area contributed by atoms with Gasteiger partial charge in [0.1, 0.15) is 11.8 Å². The lowest BCUT2D eigenvalue weighted by Gasteiger charge is -2.13. The van der Waals surface area contributed by atoms with E-state index in [2.05, 4.69) is 9.72 Å². The molecule has 1 heterocycles. The van der Waals surface area contributed by atoms with Crippen molar-refractivity contribution in [1.82, 2.24) is 4.98 Å². The Morgan fingerprint density at radius 2 is 1.86 bits per heavy atom. The van der Waals surface area contributed by atoms with Crippen molar-refractivity contribution in [3.63, 3.8) is 0 Å². The van der Waals surface area contributed by atoms with Gasteiger partial charge in [-0.15, -0.1) is 13.2 Å². The van der Waals surface area contributed by atoms with Crippen LogP contribution >= 0.6 is 11.8 Å². The molecule has 0 amide bonds. The van der Waals surface area contributed by atoms with Crippen LogP contribution in [0, 0.1) is 11.3 Å². The molecule has 3 nitrogen and oxygen atoms in total. The van der Waals surface area contributed by atoms with E-state index in [4.69, 9.17) is 5.26 Å². The molecular weight excluding hydrogens is 313 g/mol. The molecule has 0 saturated carbocycles. The van der Waals surface area contributed by atoms with Crippen LogP contribution in [0.15, 0.2) is 47.6 Å². The normalized spacial score (nSPS) is 12.5. The van der Waals surface area contributed by atoms with Gasteiger partial charge < -0.3 is 4.74 Å². The van der Waals surface area contributed by atoms with Crippen molar-refractivity contribution in [3.8, 4) is 11.8 Å². The third-order valence-corrected chi connectivity index (χ3v) is 3.85. The second kappa shape index (κ2) is 6.71. The van der Waals surface area contributed by atoms with Crippen molar-refractivity contribution >= 4 is 11.8 Å². The number of ether oxygens (including phenoxy) is 1. The Labute approximate surface area is 129 Å². The molecule has 2 aromatic rings. The van der Waals surface area contributed by atoms with Crippen LogP contribution in [-0.2, 0) is 0 Å². The number of thioether (sulfide) groups is 1. The van der Waals surface area contributed by atoms with Gasteiger partial charge in [0.05, 0.1) is 10.6 Å². The summed E-state index contributed by atoms with van der Waals surface area (Å²) in [7, 11) is 0. The predicted molar refractivity (Wildman–Crippen MR) is 76.3 cm³/mol. The maximum Gasteiger partial charge on any atom is 0.573 e. The van der Waals surface area contributed by atoms with Crippen molar-refractivity contribution in [3.05, 3.63) is 53.7 Å². The maximum atomic E-state index is 12.1. The number of nitriles is 1. The average molecular weight is 324 g/mol. The Kier molecular flexibility index (Phi) is 4.93. The minimum Gasteiger partial charge on any atom is -0.406 e. The molecule has 1 aromatic heterocycles. The molecule has 0 aliphatic carbocycles. The van der Waals surface area contributed by atoms with Crippen LogP contribution in [-0.4, -0.2) is 11.3 Å². The summed E-state index contributed by atoms with van der Waals surface area (Å²) in [5, 5.41) is 9.44. The number of alkyl halides is 3. The molecule has 22 heavy (non-hydrogen) atoms. The SMILES string of the molecule is CC(Sc1ccc(C#N)cn1)c1ccc(OC(F)(F)F)cc1. The number of aromatic nitrogens is 1. The number of rotatable bonds is 4. The van der Waals surface area contributed by atoms with Crippen LogP contribution < -0.4 is 4.74 Å². The van der Waals surface area contributed by atoms with E-state index in [-0.39, 0.29) is 11.0 Å². The summed E-state index contributed by atoms with van der Waals surface area (Å²) in [5.41, 5.74) is 1.33. The first-order chi connectivity index (χ1) is 10.4. The maximum absolute atomic E-state index is 12.1. The predicted octanol–water partition coefficient (Wildman–Crippen LogP) is 4.71. The second-order valence-corrected chi connectivity index (χ2v) is 5.73. The van der Waals surface area contributed by atoms with Crippen LogP contribution in [0.1, 0.15) is 23.3 Å². The summed E-state index contributed by atoms with van der Waals surface area (Å²) in [6, 6.07) is 11.1. The molecule has 0 radical (unpaired) electrons. The molecular formula is C15H11F3N2OS. The van der Waals surface area contributed by atoms with Crippen molar-refractivity contribution in [2.75, 3.05) is 0 Å². The molecule has 0 N–H and O–H groups in total. The first-order valence-corrected chi connectivity index (χ1v) is 7.14. The van der Waals surface area contributed by atoms with Gasteiger partial charge in [0, 0.05) is 11.4 Å². The molecule has 114 valence electrons. The van der Waals surface area contributed by atoms with E-state index in [0.29, 0.717) is 5.56 Å². The number of hydrogen-bond donors (Lipinski definition) is 0. The quantitative estimate of drug-likeness (QED) is 0.764. The molecule has 2 rings (SSSR count). The third kappa shape index (κ3) is 4.67. The van der Waals surface area contributed by atoms with E-state index in [1.165, 1.54) is 30.1 Å².